The molecule has 0 saturated heterocycles. The molecule has 0 saturated carbocycles. The van der Waals surface area contributed by atoms with E-state index >= 15 is 0 Å². The second-order valence-electron chi connectivity index (χ2n) is 5.04. The number of likely N-dealkylation sites (N-methyl/N-ethyl adjacent to an activating group) is 2. The lowest BCUT2D eigenvalue weighted by Gasteiger charge is -2.28. The van der Waals surface area contributed by atoms with E-state index in [9.17, 15) is 9.90 Å². The lowest BCUT2D eigenvalue weighted by molar-refractivity contribution is -0.140. The second kappa shape index (κ2) is 6.17. The van der Waals surface area contributed by atoms with Gasteiger partial charge in [0.15, 0.2) is 0 Å². The van der Waals surface area contributed by atoms with E-state index in [0.29, 0.717) is 0 Å². The summed E-state index contributed by atoms with van der Waals surface area (Å²) in [6, 6.07) is 1.25. The van der Waals surface area contributed by atoms with E-state index in [0.717, 1.165) is 16.7 Å². The number of carboxylic acids is 1. The molecule has 0 aromatic heterocycles. The molecule has 0 amide bonds. The smallest absolute Gasteiger partial charge is 0.322 e. The molecule has 0 aliphatic heterocycles. The Morgan fingerprint density at radius 2 is 1.53 bits per heavy atom. The number of aryl methyl sites for hydroxylation is 2. The quantitative estimate of drug-likeness (QED) is 0.759. The molecule has 0 fully saturated rings. The third kappa shape index (κ3) is 2.96. The number of carboxylic acid groups (broad SMARTS) is 1. The van der Waals surface area contributed by atoms with Crippen molar-refractivity contribution in [1.82, 2.24) is 10.6 Å². The molecule has 1 rings (SSSR count). The fraction of sp³-hybridized carbons (Fsp3) is 0.533. The molecule has 19 heavy (non-hydrogen) atoms. The topological polar surface area (TPSA) is 61.4 Å². The lowest BCUT2D eigenvalue weighted by atomic mass is 9.87. The van der Waals surface area contributed by atoms with Crippen LogP contribution in [-0.4, -0.2) is 31.2 Å². The monoisotopic (exact) mass is 264 g/mol. The fourth-order valence-electron chi connectivity index (χ4n) is 2.62. The van der Waals surface area contributed by atoms with Gasteiger partial charge >= 0.3 is 5.97 Å². The molecule has 0 radical (unpaired) electrons. The number of nitrogens with one attached hydrogen (secondary N) is 2. The molecule has 106 valence electrons. The van der Waals surface area contributed by atoms with Crippen molar-refractivity contribution in [2.24, 2.45) is 0 Å². The maximum absolute atomic E-state index is 11.4. The molecular weight excluding hydrogens is 240 g/mol. The summed E-state index contributed by atoms with van der Waals surface area (Å²) in [5.74, 6) is -0.847. The summed E-state index contributed by atoms with van der Waals surface area (Å²) in [4.78, 5) is 11.4. The van der Waals surface area contributed by atoms with Gasteiger partial charge in [-0.05, 0) is 69.6 Å². The molecule has 0 heterocycles. The first kappa shape index (κ1) is 15.7. The molecule has 2 unspecified atom stereocenters. The van der Waals surface area contributed by atoms with Crippen molar-refractivity contribution in [3.8, 4) is 0 Å². The lowest BCUT2D eigenvalue weighted by Crippen LogP contribution is -2.45. The number of carbonyl (C=O) groups is 1. The summed E-state index contributed by atoms with van der Waals surface area (Å²) >= 11 is 0. The fourth-order valence-corrected chi connectivity index (χ4v) is 2.62. The van der Waals surface area contributed by atoms with Gasteiger partial charge in [0.05, 0.1) is 6.04 Å². The van der Waals surface area contributed by atoms with E-state index in [2.05, 4.69) is 44.4 Å². The van der Waals surface area contributed by atoms with Crippen LogP contribution < -0.4 is 10.6 Å². The van der Waals surface area contributed by atoms with Gasteiger partial charge in [-0.3, -0.25) is 4.79 Å². The summed E-state index contributed by atoms with van der Waals surface area (Å²) < 4.78 is 0. The van der Waals surface area contributed by atoms with Crippen LogP contribution >= 0.6 is 0 Å². The first-order valence-electron chi connectivity index (χ1n) is 6.49. The van der Waals surface area contributed by atoms with Gasteiger partial charge in [0.1, 0.15) is 6.04 Å². The van der Waals surface area contributed by atoms with Crippen LogP contribution in [0.5, 0.6) is 0 Å². The minimum Gasteiger partial charge on any atom is -0.480 e. The molecule has 3 N–H and O–H groups in total. The number of aliphatic carboxylic acids is 1. The maximum Gasteiger partial charge on any atom is 0.322 e. The average molecular weight is 264 g/mol. The average Bonchev–Trinajstić information content (AvgIpc) is 2.35. The summed E-state index contributed by atoms with van der Waals surface area (Å²) in [5, 5.41) is 15.4. The summed E-state index contributed by atoms with van der Waals surface area (Å²) in [6.07, 6.45) is 0. The van der Waals surface area contributed by atoms with Crippen LogP contribution in [0.25, 0.3) is 0 Å². The molecule has 4 nitrogen and oxygen atoms in total. The van der Waals surface area contributed by atoms with Gasteiger partial charge in [0, 0.05) is 0 Å². The van der Waals surface area contributed by atoms with Gasteiger partial charge in [-0.1, -0.05) is 6.07 Å². The molecule has 2 atom stereocenters. The Morgan fingerprint density at radius 3 is 1.84 bits per heavy atom. The number of benzene rings is 1. The minimum atomic E-state index is -0.847. The highest BCUT2D eigenvalue weighted by molar-refractivity contribution is 5.75. The van der Waals surface area contributed by atoms with Crippen LogP contribution in [0.2, 0.25) is 0 Å². The Bertz CT molecular complexity index is 457. The van der Waals surface area contributed by atoms with Crippen LogP contribution in [0.4, 0.5) is 0 Å². The van der Waals surface area contributed by atoms with Crippen LogP contribution in [0, 0.1) is 27.7 Å². The molecule has 4 heteroatoms. The predicted octanol–water partition coefficient (Wildman–Crippen LogP) is 1.85. The van der Waals surface area contributed by atoms with Crippen molar-refractivity contribution in [3.63, 3.8) is 0 Å². The van der Waals surface area contributed by atoms with Crippen molar-refractivity contribution in [3.05, 3.63) is 33.9 Å². The SMILES string of the molecule is CNC(C(=O)O)C(NC)c1c(C)c(C)cc(C)c1C. The Kier molecular flexibility index (Phi) is 5.09. The Balaban J connectivity index is 3.44. The highest BCUT2D eigenvalue weighted by Crippen LogP contribution is 2.29. The van der Waals surface area contributed by atoms with Crippen LogP contribution in [0.3, 0.4) is 0 Å². The zero-order valence-corrected chi connectivity index (χ0v) is 12.6. The maximum atomic E-state index is 11.4. The third-order valence-corrected chi connectivity index (χ3v) is 3.96. The van der Waals surface area contributed by atoms with E-state index in [1.54, 1.807) is 14.1 Å². The molecule has 1 aromatic rings. The van der Waals surface area contributed by atoms with Crippen LogP contribution in [-0.2, 0) is 4.79 Å². The van der Waals surface area contributed by atoms with E-state index in [1.165, 1.54) is 11.1 Å². The van der Waals surface area contributed by atoms with Gasteiger partial charge in [0.25, 0.3) is 0 Å². The number of hydrogen-bond donors (Lipinski definition) is 3. The Morgan fingerprint density at radius 1 is 1.05 bits per heavy atom. The first-order valence-corrected chi connectivity index (χ1v) is 6.49. The Labute approximate surface area is 115 Å². The van der Waals surface area contributed by atoms with E-state index in [-0.39, 0.29) is 6.04 Å². The van der Waals surface area contributed by atoms with Crippen molar-refractivity contribution in [2.45, 2.75) is 39.8 Å². The van der Waals surface area contributed by atoms with Crippen molar-refractivity contribution >= 4 is 5.97 Å². The standard InChI is InChI=1S/C15H24N2O2/c1-8-7-9(2)11(4)12(10(8)3)13(16-5)14(17-6)15(18)19/h7,13-14,16-17H,1-6H3,(H,18,19). The summed E-state index contributed by atoms with van der Waals surface area (Å²) in [7, 11) is 3.48. The molecule has 0 aliphatic carbocycles. The minimum absolute atomic E-state index is 0.249. The zero-order valence-electron chi connectivity index (χ0n) is 12.6. The first-order chi connectivity index (χ1) is 8.84. The van der Waals surface area contributed by atoms with Crippen molar-refractivity contribution < 1.29 is 9.90 Å². The van der Waals surface area contributed by atoms with Gasteiger partial charge in [-0.25, -0.2) is 0 Å². The largest absolute Gasteiger partial charge is 0.480 e. The summed E-state index contributed by atoms with van der Waals surface area (Å²) in [6.45, 7) is 8.23. The highest BCUT2D eigenvalue weighted by Gasteiger charge is 2.29. The molecule has 0 aliphatic rings. The predicted molar refractivity (Wildman–Crippen MR) is 77.7 cm³/mol. The molecule has 0 bridgehead atoms. The van der Waals surface area contributed by atoms with Crippen molar-refractivity contribution in [1.29, 1.82) is 0 Å². The molecular formula is C15H24N2O2. The number of rotatable bonds is 5. The highest BCUT2D eigenvalue weighted by atomic mass is 16.4. The van der Waals surface area contributed by atoms with Crippen molar-refractivity contribution in [2.75, 3.05) is 14.1 Å². The van der Waals surface area contributed by atoms with Crippen LogP contribution in [0.15, 0.2) is 6.07 Å². The second-order valence-corrected chi connectivity index (χ2v) is 5.04. The van der Waals surface area contributed by atoms with Gasteiger partial charge in [-0.15, -0.1) is 0 Å². The van der Waals surface area contributed by atoms with Crippen LogP contribution in [0.1, 0.15) is 33.9 Å². The number of hydrogen-bond acceptors (Lipinski definition) is 3. The Hall–Kier alpha value is -1.39. The zero-order chi connectivity index (χ0) is 14.7. The summed E-state index contributed by atoms with van der Waals surface area (Å²) in [5.41, 5.74) is 5.78. The van der Waals surface area contributed by atoms with E-state index < -0.39 is 12.0 Å². The third-order valence-electron chi connectivity index (χ3n) is 3.96. The molecule has 1 aromatic carbocycles. The van der Waals surface area contributed by atoms with Gasteiger partial charge in [0.2, 0.25) is 0 Å². The van der Waals surface area contributed by atoms with E-state index in [4.69, 9.17) is 0 Å². The normalized spacial score (nSPS) is 14.2. The van der Waals surface area contributed by atoms with Gasteiger partial charge in [-0.2, -0.15) is 0 Å². The van der Waals surface area contributed by atoms with Gasteiger partial charge < -0.3 is 15.7 Å². The van der Waals surface area contributed by atoms with E-state index in [1.807, 2.05) is 0 Å². The molecule has 0 spiro atoms.